The number of ether oxygens (including phenoxy) is 1. The second kappa shape index (κ2) is 7.73. The molecule has 1 N–H and O–H groups in total. The molecule has 0 aliphatic rings. The molecule has 4 nitrogen and oxygen atoms in total. The van der Waals surface area contributed by atoms with E-state index in [4.69, 9.17) is 9.15 Å². The van der Waals surface area contributed by atoms with Gasteiger partial charge in [0.05, 0.1) is 18.4 Å². The van der Waals surface area contributed by atoms with Crippen LogP contribution in [0.2, 0.25) is 0 Å². The second-order valence-electron chi connectivity index (χ2n) is 6.07. The fourth-order valence-electron chi connectivity index (χ4n) is 2.71. The standard InChI is InChI=1S/C20H18F3NO3/c1-2-13-7-8-15-14(11-26-18(15)9-13)10-19(25)24-16-5-3-4-6-17(16)27-12-20(21,22)23/h3-9,11H,2,10,12H2,1H3,(H,24,25). The summed E-state index contributed by atoms with van der Waals surface area (Å²) in [6.07, 6.45) is -2.02. The molecule has 0 aliphatic carbocycles. The maximum atomic E-state index is 12.4. The summed E-state index contributed by atoms with van der Waals surface area (Å²) in [5.41, 5.74) is 2.72. The monoisotopic (exact) mass is 377 g/mol. The first-order valence-electron chi connectivity index (χ1n) is 8.43. The number of nitrogens with one attached hydrogen (secondary N) is 1. The van der Waals surface area contributed by atoms with Gasteiger partial charge in [0.2, 0.25) is 5.91 Å². The number of halogens is 3. The van der Waals surface area contributed by atoms with Gasteiger partial charge in [-0.05, 0) is 30.2 Å². The van der Waals surface area contributed by atoms with Crippen LogP contribution in [-0.4, -0.2) is 18.7 Å². The van der Waals surface area contributed by atoms with Crippen molar-refractivity contribution in [3.8, 4) is 5.75 Å². The summed E-state index contributed by atoms with van der Waals surface area (Å²) >= 11 is 0. The van der Waals surface area contributed by atoms with E-state index < -0.39 is 12.8 Å². The highest BCUT2D eigenvalue weighted by Gasteiger charge is 2.28. The van der Waals surface area contributed by atoms with Gasteiger partial charge in [-0.2, -0.15) is 13.2 Å². The van der Waals surface area contributed by atoms with Crippen molar-refractivity contribution in [1.29, 1.82) is 0 Å². The van der Waals surface area contributed by atoms with Crippen LogP contribution in [0.3, 0.4) is 0 Å². The van der Waals surface area contributed by atoms with Crippen molar-refractivity contribution in [3.63, 3.8) is 0 Å². The van der Waals surface area contributed by atoms with Crippen LogP contribution in [0.25, 0.3) is 11.0 Å². The van der Waals surface area contributed by atoms with Gasteiger partial charge >= 0.3 is 6.18 Å². The normalized spacial score (nSPS) is 11.6. The number of furan rings is 1. The van der Waals surface area contributed by atoms with Gasteiger partial charge in [0.15, 0.2) is 6.61 Å². The third kappa shape index (κ3) is 4.81. The Morgan fingerprint density at radius 1 is 1.19 bits per heavy atom. The molecule has 0 atom stereocenters. The number of benzene rings is 2. The number of fused-ring (bicyclic) bond motifs is 1. The Bertz CT molecular complexity index is 947. The number of hydrogen-bond acceptors (Lipinski definition) is 3. The number of carbonyl (C=O) groups excluding carboxylic acids is 1. The first-order valence-corrected chi connectivity index (χ1v) is 8.43. The van der Waals surface area contributed by atoms with Crippen molar-refractivity contribution in [3.05, 3.63) is 59.9 Å². The van der Waals surface area contributed by atoms with Crippen LogP contribution in [0.4, 0.5) is 18.9 Å². The highest BCUT2D eigenvalue weighted by molar-refractivity contribution is 5.96. The maximum absolute atomic E-state index is 12.4. The topological polar surface area (TPSA) is 51.5 Å². The summed E-state index contributed by atoms with van der Waals surface area (Å²) in [6, 6.07) is 11.8. The van der Waals surface area contributed by atoms with Gasteiger partial charge in [0.25, 0.3) is 0 Å². The number of aryl methyl sites for hydroxylation is 1. The van der Waals surface area contributed by atoms with Crippen molar-refractivity contribution >= 4 is 22.6 Å². The fourth-order valence-corrected chi connectivity index (χ4v) is 2.71. The van der Waals surface area contributed by atoms with Crippen LogP contribution in [0.5, 0.6) is 5.75 Å². The molecule has 3 rings (SSSR count). The summed E-state index contributed by atoms with van der Waals surface area (Å²) in [5.74, 6) is -0.409. The zero-order valence-corrected chi connectivity index (χ0v) is 14.6. The minimum atomic E-state index is -4.45. The molecule has 1 aromatic heterocycles. The van der Waals surface area contributed by atoms with E-state index in [0.29, 0.717) is 11.1 Å². The first kappa shape index (κ1) is 18.8. The molecule has 0 aliphatic heterocycles. The van der Waals surface area contributed by atoms with Crippen molar-refractivity contribution in [2.24, 2.45) is 0 Å². The van der Waals surface area contributed by atoms with E-state index in [2.05, 4.69) is 5.32 Å². The number of carbonyl (C=O) groups is 1. The van der Waals surface area contributed by atoms with E-state index >= 15 is 0 Å². The highest BCUT2D eigenvalue weighted by Crippen LogP contribution is 2.27. The van der Waals surface area contributed by atoms with Crippen LogP contribution in [0, 0.1) is 0 Å². The summed E-state index contributed by atoms with van der Waals surface area (Å²) in [4.78, 5) is 12.4. The molecule has 0 radical (unpaired) electrons. The SMILES string of the molecule is CCc1ccc2c(CC(=O)Nc3ccccc3OCC(F)(F)F)coc2c1. The molecule has 3 aromatic rings. The molecule has 0 saturated heterocycles. The van der Waals surface area contributed by atoms with E-state index in [0.717, 1.165) is 17.4 Å². The lowest BCUT2D eigenvalue weighted by Crippen LogP contribution is -2.20. The average Bonchev–Trinajstić information content (AvgIpc) is 3.02. The molecule has 0 spiro atoms. The quantitative estimate of drug-likeness (QED) is 0.649. The Balaban J connectivity index is 1.71. The number of alkyl halides is 3. The molecule has 2 aromatic carbocycles. The predicted octanol–water partition coefficient (Wildman–Crippen LogP) is 5.12. The smallest absolute Gasteiger partial charge is 0.422 e. The van der Waals surface area contributed by atoms with Crippen molar-refractivity contribution in [2.45, 2.75) is 25.9 Å². The summed E-state index contributed by atoms with van der Waals surface area (Å²) in [6.45, 7) is 0.614. The fraction of sp³-hybridized carbons (Fsp3) is 0.250. The van der Waals surface area contributed by atoms with Crippen LogP contribution < -0.4 is 10.1 Å². The molecule has 1 amide bonds. The molecule has 0 saturated carbocycles. The molecule has 1 heterocycles. The number of amides is 1. The van der Waals surface area contributed by atoms with Crippen molar-refractivity contribution < 1.29 is 27.1 Å². The zero-order valence-electron chi connectivity index (χ0n) is 14.6. The minimum absolute atomic E-state index is 0.0338. The summed E-state index contributed by atoms with van der Waals surface area (Å²) in [5, 5.41) is 3.44. The molecule has 0 unspecified atom stereocenters. The van der Waals surface area contributed by atoms with Gasteiger partial charge in [-0.25, -0.2) is 0 Å². The van der Waals surface area contributed by atoms with Crippen LogP contribution in [0.15, 0.2) is 53.1 Å². The molecule has 0 bridgehead atoms. The molecule has 0 fully saturated rings. The number of hydrogen-bond donors (Lipinski definition) is 1. The van der Waals surface area contributed by atoms with E-state index in [-0.39, 0.29) is 23.8 Å². The predicted molar refractivity (Wildman–Crippen MR) is 95.9 cm³/mol. The molecule has 7 heteroatoms. The van der Waals surface area contributed by atoms with Gasteiger partial charge in [0.1, 0.15) is 11.3 Å². The Hall–Kier alpha value is -2.96. The van der Waals surface area contributed by atoms with Gasteiger partial charge < -0.3 is 14.5 Å². The summed E-state index contributed by atoms with van der Waals surface area (Å²) < 4.78 is 47.4. The lowest BCUT2D eigenvalue weighted by atomic mass is 10.1. The first-order chi connectivity index (χ1) is 12.9. The number of anilines is 1. The van der Waals surface area contributed by atoms with Crippen molar-refractivity contribution in [1.82, 2.24) is 0 Å². The third-order valence-electron chi connectivity index (χ3n) is 4.03. The van der Waals surface area contributed by atoms with Gasteiger partial charge in [-0.1, -0.05) is 31.2 Å². The number of rotatable bonds is 6. The lowest BCUT2D eigenvalue weighted by molar-refractivity contribution is -0.153. The van der Waals surface area contributed by atoms with Gasteiger partial charge in [-0.15, -0.1) is 0 Å². The Morgan fingerprint density at radius 2 is 1.96 bits per heavy atom. The van der Waals surface area contributed by atoms with Crippen LogP contribution >= 0.6 is 0 Å². The maximum Gasteiger partial charge on any atom is 0.422 e. The van der Waals surface area contributed by atoms with E-state index in [1.807, 2.05) is 25.1 Å². The second-order valence-corrected chi connectivity index (χ2v) is 6.07. The van der Waals surface area contributed by atoms with Crippen LogP contribution in [-0.2, 0) is 17.6 Å². The Morgan fingerprint density at radius 3 is 2.70 bits per heavy atom. The summed E-state index contributed by atoms with van der Waals surface area (Å²) in [7, 11) is 0. The minimum Gasteiger partial charge on any atom is -0.482 e. The van der Waals surface area contributed by atoms with E-state index in [1.54, 1.807) is 6.07 Å². The Kier molecular flexibility index (Phi) is 5.39. The molecule has 142 valence electrons. The highest BCUT2D eigenvalue weighted by atomic mass is 19.4. The Labute approximate surface area is 153 Å². The lowest BCUT2D eigenvalue weighted by Gasteiger charge is -2.13. The molecular formula is C20H18F3NO3. The number of para-hydroxylation sites is 2. The van der Waals surface area contributed by atoms with Crippen LogP contribution in [0.1, 0.15) is 18.1 Å². The van der Waals surface area contributed by atoms with Crippen molar-refractivity contribution in [2.75, 3.05) is 11.9 Å². The largest absolute Gasteiger partial charge is 0.482 e. The molecular weight excluding hydrogens is 359 g/mol. The average molecular weight is 377 g/mol. The zero-order chi connectivity index (χ0) is 19.4. The van der Waals surface area contributed by atoms with E-state index in [1.165, 1.54) is 24.5 Å². The third-order valence-corrected chi connectivity index (χ3v) is 4.03. The van der Waals surface area contributed by atoms with Gasteiger partial charge in [0, 0.05) is 10.9 Å². The van der Waals surface area contributed by atoms with Gasteiger partial charge in [-0.3, -0.25) is 4.79 Å². The molecule has 27 heavy (non-hydrogen) atoms. The van der Waals surface area contributed by atoms with E-state index in [9.17, 15) is 18.0 Å².